The number of carbonyl (C=O) groups excluding carboxylic acids is 1. The molecule has 1 heterocycles. The molecule has 30 heavy (non-hydrogen) atoms. The number of nitrogens with zero attached hydrogens (tertiary/aromatic N) is 2. The SMILES string of the molecule is CCOC(CCNC(=NC)NCCCC(=O)N1CCc2ccccc2C1)C(C)C.I. The summed E-state index contributed by atoms with van der Waals surface area (Å²) in [5.41, 5.74) is 2.65. The van der Waals surface area contributed by atoms with Gasteiger partial charge in [0.15, 0.2) is 5.96 Å². The fourth-order valence-electron chi connectivity index (χ4n) is 3.69. The van der Waals surface area contributed by atoms with E-state index in [0.717, 1.165) is 58.0 Å². The third-order valence-corrected chi connectivity index (χ3v) is 5.41. The Hall–Kier alpha value is -1.35. The van der Waals surface area contributed by atoms with Crippen LogP contribution in [0, 0.1) is 5.92 Å². The molecule has 6 nitrogen and oxygen atoms in total. The number of aliphatic imine (C=N–C) groups is 1. The van der Waals surface area contributed by atoms with Crippen molar-refractivity contribution in [3.63, 3.8) is 0 Å². The van der Waals surface area contributed by atoms with Gasteiger partial charge >= 0.3 is 0 Å². The Bertz CT molecular complexity index is 666. The number of halogens is 1. The topological polar surface area (TPSA) is 66.0 Å². The normalized spacial score (nSPS) is 14.7. The van der Waals surface area contributed by atoms with Crippen LogP contribution in [0.3, 0.4) is 0 Å². The number of carbonyl (C=O) groups is 1. The van der Waals surface area contributed by atoms with Crippen LogP contribution in [0.5, 0.6) is 0 Å². The second-order valence-corrected chi connectivity index (χ2v) is 7.89. The summed E-state index contributed by atoms with van der Waals surface area (Å²) >= 11 is 0. The van der Waals surface area contributed by atoms with Crippen LogP contribution >= 0.6 is 24.0 Å². The van der Waals surface area contributed by atoms with Crippen molar-refractivity contribution >= 4 is 35.8 Å². The molecular weight excluding hydrogens is 491 g/mol. The predicted molar refractivity (Wildman–Crippen MR) is 134 cm³/mol. The van der Waals surface area contributed by atoms with Crippen molar-refractivity contribution in [2.75, 3.05) is 33.3 Å². The van der Waals surface area contributed by atoms with E-state index in [2.05, 4.69) is 47.7 Å². The van der Waals surface area contributed by atoms with Crippen molar-refractivity contribution < 1.29 is 9.53 Å². The highest BCUT2D eigenvalue weighted by Crippen LogP contribution is 2.19. The first-order chi connectivity index (χ1) is 14.0. The molecule has 1 unspecified atom stereocenters. The van der Waals surface area contributed by atoms with Crippen LogP contribution in [0.2, 0.25) is 0 Å². The van der Waals surface area contributed by atoms with Gasteiger partial charge in [0.05, 0.1) is 6.10 Å². The maximum absolute atomic E-state index is 12.5. The van der Waals surface area contributed by atoms with Crippen molar-refractivity contribution in [1.29, 1.82) is 0 Å². The molecule has 170 valence electrons. The number of rotatable bonds is 10. The number of hydrogen-bond acceptors (Lipinski definition) is 3. The van der Waals surface area contributed by atoms with Crippen LogP contribution in [0.15, 0.2) is 29.3 Å². The van der Waals surface area contributed by atoms with Gasteiger partial charge in [0, 0.05) is 46.3 Å². The summed E-state index contributed by atoms with van der Waals surface area (Å²) in [6.45, 7) is 10.3. The summed E-state index contributed by atoms with van der Waals surface area (Å²) in [6, 6.07) is 8.41. The highest BCUT2D eigenvalue weighted by Gasteiger charge is 2.19. The summed E-state index contributed by atoms with van der Waals surface area (Å²) in [5, 5.41) is 6.64. The molecule has 1 amide bonds. The van der Waals surface area contributed by atoms with Gasteiger partial charge < -0.3 is 20.3 Å². The van der Waals surface area contributed by atoms with E-state index in [1.165, 1.54) is 11.1 Å². The van der Waals surface area contributed by atoms with Crippen LogP contribution < -0.4 is 10.6 Å². The van der Waals surface area contributed by atoms with E-state index in [9.17, 15) is 4.79 Å². The summed E-state index contributed by atoms with van der Waals surface area (Å²) in [5.74, 6) is 1.52. The molecule has 1 atom stereocenters. The van der Waals surface area contributed by atoms with E-state index in [1.54, 1.807) is 7.05 Å². The van der Waals surface area contributed by atoms with E-state index in [4.69, 9.17) is 4.74 Å². The largest absolute Gasteiger partial charge is 0.378 e. The van der Waals surface area contributed by atoms with Crippen molar-refractivity contribution in [1.82, 2.24) is 15.5 Å². The number of amides is 1. The van der Waals surface area contributed by atoms with Gasteiger partial charge in [0.25, 0.3) is 0 Å². The molecule has 1 aliphatic heterocycles. The van der Waals surface area contributed by atoms with Gasteiger partial charge in [-0.25, -0.2) is 0 Å². The summed E-state index contributed by atoms with van der Waals surface area (Å²) in [6.07, 6.45) is 3.52. The number of guanidine groups is 1. The lowest BCUT2D eigenvalue weighted by atomic mass is 9.99. The fraction of sp³-hybridized carbons (Fsp3) is 0.652. The lowest BCUT2D eigenvalue weighted by molar-refractivity contribution is -0.132. The van der Waals surface area contributed by atoms with E-state index in [1.807, 2.05) is 17.9 Å². The monoisotopic (exact) mass is 530 g/mol. The van der Waals surface area contributed by atoms with Gasteiger partial charge in [-0.3, -0.25) is 9.79 Å². The Labute approximate surface area is 199 Å². The van der Waals surface area contributed by atoms with Crippen molar-refractivity contribution in [3.05, 3.63) is 35.4 Å². The second-order valence-electron chi connectivity index (χ2n) is 7.89. The van der Waals surface area contributed by atoms with Gasteiger partial charge in [0.2, 0.25) is 5.91 Å². The molecule has 0 radical (unpaired) electrons. The zero-order chi connectivity index (χ0) is 21.1. The summed E-state index contributed by atoms with van der Waals surface area (Å²) in [7, 11) is 1.77. The van der Waals surface area contributed by atoms with Crippen LogP contribution in [0.25, 0.3) is 0 Å². The van der Waals surface area contributed by atoms with Crippen molar-refractivity contribution in [2.45, 2.75) is 59.1 Å². The predicted octanol–water partition coefficient (Wildman–Crippen LogP) is 3.59. The van der Waals surface area contributed by atoms with E-state index in [-0.39, 0.29) is 36.0 Å². The standard InChI is InChI=1S/C23H38N4O2.HI/c1-5-29-21(18(2)3)12-15-26-23(24-4)25-14-8-11-22(28)27-16-13-19-9-6-7-10-20(19)17-27;/h6-7,9-10,18,21H,5,8,11-17H2,1-4H3,(H2,24,25,26);1H. The van der Waals surface area contributed by atoms with Gasteiger partial charge in [0.1, 0.15) is 0 Å². The molecule has 0 saturated heterocycles. The Kier molecular flexibility index (Phi) is 13.0. The molecule has 1 aliphatic rings. The average Bonchev–Trinajstić information content (AvgIpc) is 2.73. The maximum Gasteiger partial charge on any atom is 0.222 e. The molecule has 0 aromatic heterocycles. The van der Waals surface area contributed by atoms with Gasteiger partial charge in [-0.15, -0.1) is 24.0 Å². The molecule has 0 bridgehead atoms. The van der Waals surface area contributed by atoms with E-state index >= 15 is 0 Å². The number of benzene rings is 1. The maximum atomic E-state index is 12.5. The number of hydrogen-bond donors (Lipinski definition) is 2. The second kappa shape index (κ2) is 14.6. The first-order valence-corrected chi connectivity index (χ1v) is 11.0. The molecule has 2 rings (SSSR count). The third-order valence-electron chi connectivity index (χ3n) is 5.41. The third kappa shape index (κ3) is 8.79. The quantitative estimate of drug-likeness (QED) is 0.210. The van der Waals surface area contributed by atoms with Gasteiger partial charge in [-0.05, 0) is 43.2 Å². The zero-order valence-electron chi connectivity index (χ0n) is 18.9. The molecule has 7 heteroatoms. The molecule has 1 aromatic carbocycles. The Morgan fingerprint density at radius 1 is 1.20 bits per heavy atom. The minimum Gasteiger partial charge on any atom is -0.378 e. The lowest BCUT2D eigenvalue weighted by Crippen LogP contribution is -2.40. The molecule has 0 spiro atoms. The number of nitrogens with one attached hydrogen (secondary N) is 2. The Morgan fingerprint density at radius 2 is 1.90 bits per heavy atom. The molecule has 2 N–H and O–H groups in total. The van der Waals surface area contributed by atoms with E-state index in [0.29, 0.717) is 12.3 Å². The average molecular weight is 530 g/mol. The fourth-order valence-corrected chi connectivity index (χ4v) is 3.69. The van der Waals surface area contributed by atoms with Crippen molar-refractivity contribution in [2.24, 2.45) is 10.9 Å². The van der Waals surface area contributed by atoms with Crippen molar-refractivity contribution in [3.8, 4) is 0 Å². The Morgan fingerprint density at radius 3 is 2.57 bits per heavy atom. The highest BCUT2D eigenvalue weighted by molar-refractivity contribution is 14.0. The molecular formula is C23H39IN4O2. The van der Waals surface area contributed by atoms with E-state index < -0.39 is 0 Å². The first-order valence-electron chi connectivity index (χ1n) is 11.0. The first kappa shape index (κ1) is 26.7. The van der Waals surface area contributed by atoms with Gasteiger partial charge in [-0.2, -0.15) is 0 Å². The Balaban J connectivity index is 0.00000450. The molecule has 0 saturated carbocycles. The summed E-state index contributed by atoms with van der Waals surface area (Å²) in [4.78, 5) is 18.8. The lowest BCUT2D eigenvalue weighted by Gasteiger charge is -2.29. The van der Waals surface area contributed by atoms with Crippen LogP contribution in [-0.2, 0) is 22.5 Å². The van der Waals surface area contributed by atoms with Crippen LogP contribution in [0.4, 0.5) is 0 Å². The molecule has 1 aromatic rings. The molecule has 0 fully saturated rings. The number of ether oxygens (including phenoxy) is 1. The highest BCUT2D eigenvalue weighted by atomic mass is 127. The zero-order valence-corrected chi connectivity index (χ0v) is 21.3. The smallest absolute Gasteiger partial charge is 0.222 e. The minimum atomic E-state index is 0. The summed E-state index contributed by atoms with van der Waals surface area (Å²) < 4.78 is 5.78. The van der Waals surface area contributed by atoms with Crippen LogP contribution in [0.1, 0.15) is 51.2 Å². The van der Waals surface area contributed by atoms with Gasteiger partial charge in [-0.1, -0.05) is 38.1 Å². The number of fused-ring (bicyclic) bond motifs is 1. The van der Waals surface area contributed by atoms with Crippen LogP contribution in [-0.4, -0.2) is 56.2 Å². The minimum absolute atomic E-state index is 0. The molecule has 0 aliphatic carbocycles.